The summed E-state index contributed by atoms with van der Waals surface area (Å²) in [4.78, 5) is 7.24. The van der Waals surface area contributed by atoms with Gasteiger partial charge in [-0.25, -0.2) is 4.98 Å². The van der Waals surface area contributed by atoms with Crippen LogP contribution in [0.25, 0.3) is 21.0 Å². The Morgan fingerprint density at radius 2 is 1.95 bits per heavy atom. The first-order valence-electron chi connectivity index (χ1n) is 7.55. The second-order valence-corrected chi connectivity index (χ2v) is 6.70. The van der Waals surface area contributed by atoms with E-state index in [0.29, 0.717) is 6.04 Å². The van der Waals surface area contributed by atoms with E-state index in [1.54, 1.807) is 0 Å². The zero-order chi connectivity index (χ0) is 14.2. The van der Waals surface area contributed by atoms with Gasteiger partial charge in [-0.05, 0) is 37.4 Å². The van der Waals surface area contributed by atoms with Crippen LogP contribution in [0.4, 0.5) is 5.13 Å². The van der Waals surface area contributed by atoms with Gasteiger partial charge in [0.1, 0.15) is 0 Å². The molecule has 4 rings (SSSR count). The van der Waals surface area contributed by atoms with Gasteiger partial charge in [-0.3, -0.25) is 0 Å². The van der Waals surface area contributed by atoms with Crippen LogP contribution in [-0.2, 0) is 0 Å². The molecule has 4 heteroatoms. The Morgan fingerprint density at radius 1 is 1.14 bits per heavy atom. The molecule has 0 unspecified atom stereocenters. The zero-order valence-electron chi connectivity index (χ0n) is 12.2. The number of rotatable bonds is 2. The Hall–Kier alpha value is -1.65. The van der Waals surface area contributed by atoms with Gasteiger partial charge >= 0.3 is 0 Å². The van der Waals surface area contributed by atoms with Gasteiger partial charge in [0.25, 0.3) is 0 Å². The van der Waals surface area contributed by atoms with Crippen LogP contribution in [0, 0.1) is 0 Å². The second kappa shape index (κ2) is 5.28. The number of anilines is 1. The van der Waals surface area contributed by atoms with Gasteiger partial charge in [0.15, 0.2) is 5.13 Å². The first-order valence-corrected chi connectivity index (χ1v) is 8.36. The van der Waals surface area contributed by atoms with Gasteiger partial charge in [-0.1, -0.05) is 41.7 Å². The van der Waals surface area contributed by atoms with Crippen molar-refractivity contribution in [2.75, 3.05) is 25.0 Å². The molecule has 0 atom stereocenters. The average Bonchev–Trinajstić information content (AvgIpc) is 2.99. The van der Waals surface area contributed by atoms with Crippen molar-refractivity contribution in [3.63, 3.8) is 0 Å². The minimum atomic E-state index is 0.609. The van der Waals surface area contributed by atoms with Gasteiger partial charge < -0.3 is 10.2 Å². The summed E-state index contributed by atoms with van der Waals surface area (Å²) in [6.45, 7) is 2.23. The first-order chi connectivity index (χ1) is 10.3. The van der Waals surface area contributed by atoms with Gasteiger partial charge in [0.05, 0.1) is 10.2 Å². The number of aromatic nitrogens is 1. The van der Waals surface area contributed by atoms with Crippen molar-refractivity contribution >= 4 is 37.5 Å². The summed E-state index contributed by atoms with van der Waals surface area (Å²) in [5.74, 6) is 0. The van der Waals surface area contributed by atoms with Gasteiger partial charge in [-0.15, -0.1) is 0 Å². The summed E-state index contributed by atoms with van der Waals surface area (Å²) in [5.41, 5.74) is 1.12. The number of fused-ring (bicyclic) bond motifs is 3. The number of hydrogen-bond donors (Lipinski definition) is 1. The van der Waals surface area contributed by atoms with Crippen LogP contribution in [0.3, 0.4) is 0 Å². The molecule has 2 heterocycles. The lowest BCUT2D eigenvalue weighted by molar-refractivity contribution is 0.443. The number of hydrogen-bond acceptors (Lipinski definition) is 4. The smallest absolute Gasteiger partial charge is 0.186 e. The third-order valence-corrected chi connectivity index (χ3v) is 5.62. The highest BCUT2D eigenvalue weighted by atomic mass is 32.1. The van der Waals surface area contributed by atoms with Gasteiger partial charge in [0, 0.05) is 18.5 Å². The van der Waals surface area contributed by atoms with Crippen molar-refractivity contribution in [3.05, 3.63) is 36.4 Å². The fraction of sp³-hybridized carbons (Fsp3) is 0.353. The Balaban J connectivity index is 1.77. The summed E-state index contributed by atoms with van der Waals surface area (Å²) in [6, 6.07) is 13.5. The molecule has 0 radical (unpaired) electrons. The lowest BCUT2D eigenvalue weighted by Crippen LogP contribution is -2.41. The highest BCUT2D eigenvalue weighted by Gasteiger charge is 2.20. The third kappa shape index (κ3) is 2.28. The topological polar surface area (TPSA) is 28.2 Å². The zero-order valence-corrected chi connectivity index (χ0v) is 13.0. The molecular weight excluding hydrogens is 278 g/mol. The molecule has 1 saturated heterocycles. The number of piperidine rings is 1. The molecule has 1 aromatic heterocycles. The van der Waals surface area contributed by atoms with Gasteiger partial charge in [0.2, 0.25) is 0 Å². The third-order valence-electron chi connectivity index (χ3n) is 4.43. The molecule has 1 aliphatic rings. The molecule has 2 aromatic carbocycles. The lowest BCUT2D eigenvalue weighted by atomic mass is 10.1. The predicted octanol–water partition coefficient (Wildman–Crippen LogP) is 3.64. The Kier molecular flexibility index (Phi) is 3.28. The van der Waals surface area contributed by atoms with Crippen molar-refractivity contribution in [1.82, 2.24) is 10.3 Å². The molecule has 21 heavy (non-hydrogen) atoms. The SMILES string of the molecule is CN(c1nc2ccc3ccccc3c2s1)C1CCNCC1. The molecule has 1 fully saturated rings. The van der Waals surface area contributed by atoms with E-state index >= 15 is 0 Å². The monoisotopic (exact) mass is 297 g/mol. The molecule has 0 saturated carbocycles. The first kappa shape index (κ1) is 13.0. The van der Waals surface area contributed by atoms with Crippen molar-refractivity contribution in [1.29, 1.82) is 0 Å². The van der Waals surface area contributed by atoms with E-state index in [-0.39, 0.29) is 0 Å². The van der Waals surface area contributed by atoms with Crippen molar-refractivity contribution < 1.29 is 0 Å². The van der Waals surface area contributed by atoms with E-state index in [1.807, 2.05) is 11.3 Å². The number of benzene rings is 2. The van der Waals surface area contributed by atoms with Crippen LogP contribution in [0.2, 0.25) is 0 Å². The van der Waals surface area contributed by atoms with E-state index in [0.717, 1.165) is 23.7 Å². The van der Waals surface area contributed by atoms with Crippen molar-refractivity contribution in [2.45, 2.75) is 18.9 Å². The van der Waals surface area contributed by atoms with E-state index in [4.69, 9.17) is 4.98 Å². The summed E-state index contributed by atoms with van der Waals surface area (Å²) in [7, 11) is 2.19. The molecule has 1 N–H and O–H groups in total. The van der Waals surface area contributed by atoms with Crippen molar-refractivity contribution in [3.8, 4) is 0 Å². The molecule has 1 aliphatic heterocycles. The fourth-order valence-electron chi connectivity index (χ4n) is 3.14. The standard InChI is InChI=1S/C17H19N3S/c1-20(13-8-10-18-11-9-13)17-19-15-7-6-12-4-2-3-5-14(12)16(15)21-17/h2-7,13,18H,8-11H2,1H3. The largest absolute Gasteiger partial charge is 0.348 e. The maximum absolute atomic E-state index is 4.86. The molecule has 0 aliphatic carbocycles. The van der Waals surface area contributed by atoms with Crippen LogP contribution < -0.4 is 10.2 Å². The van der Waals surface area contributed by atoms with E-state index in [9.17, 15) is 0 Å². The van der Waals surface area contributed by atoms with Crippen LogP contribution in [-0.4, -0.2) is 31.2 Å². The summed E-state index contributed by atoms with van der Waals surface area (Å²) in [6.07, 6.45) is 2.40. The molecule has 3 aromatic rings. The maximum atomic E-state index is 4.86. The molecule has 0 amide bonds. The molecule has 108 valence electrons. The normalized spacial score (nSPS) is 16.6. The average molecular weight is 297 g/mol. The number of thiazole rings is 1. The van der Waals surface area contributed by atoms with E-state index < -0.39 is 0 Å². The molecule has 3 nitrogen and oxygen atoms in total. The van der Waals surface area contributed by atoms with E-state index in [1.165, 1.54) is 28.3 Å². The lowest BCUT2D eigenvalue weighted by Gasteiger charge is -2.31. The Morgan fingerprint density at radius 3 is 2.81 bits per heavy atom. The summed E-state index contributed by atoms with van der Waals surface area (Å²) < 4.78 is 1.31. The fourth-order valence-corrected chi connectivity index (χ4v) is 4.28. The van der Waals surface area contributed by atoms with Crippen LogP contribution in [0.5, 0.6) is 0 Å². The summed E-state index contributed by atoms with van der Waals surface area (Å²) >= 11 is 1.82. The van der Waals surface area contributed by atoms with Crippen LogP contribution >= 0.6 is 11.3 Å². The van der Waals surface area contributed by atoms with Gasteiger partial charge in [-0.2, -0.15) is 0 Å². The molecule has 0 spiro atoms. The Bertz CT molecular complexity index is 774. The van der Waals surface area contributed by atoms with E-state index in [2.05, 4.69) is 53.7 Å². The van der Waals surface area contributed by atoms with Crippen LogP contribution in [0.1, 0.15) is 12.8 Å². The highest BCUT2D eigenvalue weighted by molar-refractivity contribution is 7.23. The quantitative estimate of drug-likeness (QED) is 0.783. The summed E-state index contributed by atoms with van der Waals surface area (Å²) in [5, 5.41) is 7.19. The highest BCUT2D eigenvalue weighted by Crippen LogP contribution is 2.35. The Labute approximate surface area is 128 Å². The van der Waals surface area contributed by atoms with Crippen molar-refractivity contribution in [2.24, 2.45) is 0 Å². The second-order valence-electron chi connectivity index (χ2n) is 5.72. The maximum Gasteiger partial charge on any atom is 0.186 e. The minimum Gasteiger partial charge on any atom is -0.348 e. The number of nitrogens with zero attached hydrogens (tertiary/aromatic N) is 2. The minimum absolute atomic E-state index is 0.609. The molecule has 0 bridgehead atoms. The molecular formula is C17H19N3S. The van der Waals surface area contributed by atoms with Crippen LogP contribution in [0.15, 0.2) is 36.4 Å². The predicted molar refractivity (Wildman–Crippen MR) is 91.4 cm³/mol. The number of nitrogens with one attached hydrogen (secondary N) is 1.